The first-order valence-electron chi connectivity index (χ1n) is 8.39. The fourth-order valence-electron chi connectivity index (χ4n) is 2.74. The van der Waals surface area contributed by atoms with E-state index < -0.39 is 5.41 Å². The predicted molar refractivity (Wildman–Crippen MR) is 94.6 cm³/mol. The van der Waals surface area contributed by atoms with Gasteiger partial charge >= 0.3 is 5.97 Å². The number of hydrogen-bond acceptors (Lipinski definition) is 4. The Morgan fingerprint density at radius 3 is 2.32 bits per heavy atom. The summed E-state index contributed by atoms with van der Waals surface area (Å²) in [7, 11) is 0. The lowest BCUT2D eigenvalue weighted by molar-refractivity contribution is -0.146. The maximum atomic E-state index is 12.1. The van der Waals surface area contributed by atoms with Crippen LogP contribution in [-0.2, 0) is 19.7 Å². The number of amides is 1. The van der Waals surface area contributed by atoms with E-state index in [0.29, 0.717) is 18.0 Å². The van der Waals surface area contributed by atoms with Crippen LogP contribution in [0.1, 0.15) is 25.3 Å². The third-order valence-electron chi connectivity index (χ3n) is 4.25. The number of para-hydroxylation sites is 1. The molecule has 0 aromatic heterocycles. The summed E-state index contributed by atoms with van der Waals surface area (Å²) in [6.45, 7) is 2.14. The molecule has 0 heterocycles. The second kappa shape index (κ2) is 7.38. The third-order valence-corrected chi connectivity index (χ3v) is 4.25. The number of carbonyl (C=O) groups excluding carboxylic acids is 2. The summed E-state index contributed by atoms with van der Waals surface area (Å²) < 4.78 is 10.6. The number of ether oxygens (including phenoxy) is 2. The zero-order valence-corrected chi connectivity index (χ0v) is 14.2. The zero-order valence-electron chi connectivity index (χ0n) is 14.2. The van der Waals surface area contributed by atoms with Crippen molar-refractivity contribution in [2.24, 2.45) is 0 Å². The molecule has 2 aromatic rings. The van der Waals surface area contributed by atoms with Gasteiger partial charge in [0.05, 0.1) is 12.0 Å². The lowest BCUT2D eigenvalue weighted by Crippen LogP contribution is -2.23. The monoisotopic (exact) mass is 339 g/mol. The van der Waals surface area contributed by atoms with Crippen LogP contribution in [0.5, 0.6) is 5.75 Å². The molecule has 1 amide bonds. The lowest BCUT2D eigenvalue weighted by Gasteiger charge is -2.15. The molecule has 1 N–H and O–H groups in total. The molecule has 2 aromatic carbocycles. The number of hydrogen-bond donors (Lipinski definition) is 1. The molecule has 0 spiro atoms. The minimum Gasteiger partial charge on any atom is -0.484 e. The molecule has 0 aliphatic heterocycles. The quantitative estimate of drug-likeness (QED) is 0.786. The van der Waals surface area contributed by atoms with Crippen LogP contribution < -0.4 is 10.1 Å². The number of anilines is 1. The van der Waals surface area contributed by atoms with Crippen molar-refractivity contribution in [3.05, 3.63) is 60.2 Å². The van der Waals surface area contributed by atoms with E-state index in [1.807, 2.05) is 37.3 Å². The molecule has 25 heavy (non-hydrogen) atoms. The average molecular weight is 339 g/mol. The highest BCUT2D eigenvalue weighted by molar-refractivity contribution is 5.92. The SMILES string of the molecule is CCOC(=O)C1(c2ccc(NC(=O)COc3ccccc3)cc2)CC1. The molecule has 5 nitrogen and oxygen atoms in total. The van der Waals surface area contributed by atoms with E-state index in [2.05, 4.69) is 5.32 Å². The Balaban J connectivity index is 1.56. The van der Waals surface area contributed by atoms with Gasteiger partial charge in [0.2, 0.25) is 0 Å². The molecule has 0 unspecified atom stereocenters. The molecule has 130 valence electrons. The van der Waals surface area contributed by atoms with Crippen molar-refractivity contribution in [1.29, 1.82) is 0 Å². The summed E-state index contributed by atoms with van der Waals surface area (Å²) in [6.07, 6.45) is 1.62. The van der Waals surface area contributed by atoms with Crippen molar-refractivity contribution in [3.63, 3.8) is 0 Å². The minimum absolute atomic E-state index is 0.0570. The Bertz CT molecular complexity index is 736. The van der Waals surface area contributed by atoms with Gasteiger partial charge in [-0.15, -0.1) is 0 Å². The molecule has 0 atom stereocenters. The number of carbonyl (C=O) groups is 2. The Morgan fingerprint density at radius 1 is 1.04 bits per heavy atom. The Labute approximate surface area is 147 Å². The van der Waals surface area contributed by atoms with Crippen LogP contribution in [0.2, 0.25) is 0 Å². The first kappa shape index (κ1) is 17.0. The summed E-state index contributed by atoms with van der Waals surface area (Å²) in [5, 5.41) is 2.79. The van der Waals surface area contributed by atoms with Gasteiger partial charge in [0.1, 0.15) is 5.75 Å². The molecule has 1 aliphatic carbocycles. The first-order valence-corrected chi connectivity index (χ1v) is 8.39. The molecule has 5 heteroatoms. The van der Waals surface area contributed by atoms with E-state index in [9.17, 15) is 9.59 Å². The molecule has 0 saturated heterocycles. The highest BCUT2D eigenvalue weighted by Gasteiger charge is 2.52. The van der Waals surface area contributed by atoms with Gasteiger partial charge in [0.25, 0.3) is 5.91 Å². The van der Waals surface area contributed by atoms with Gasteiger partial charge in [-0.2, -0.15) is 0 Å². The van der Waals surface area contributed by atoms with Crippen LogP contribution in [0.3, 0.4) is 0 Å². The topological polar surface area (TPSA) is 64.6 Å². The molecule has 1 saturated carbocycles. The molecule has 0 radical (unpaired) electrons. The second-order valence-electron chi connectivity index (χ2n) is 6.03. The summed E-state index contributed by atoms with van der Waals surface area (Å²) in [4.78, 5) is 24.1. The number of benzene rings is 2. The average Bonchev–Trinajstić information content (AvgIpc) is 3.44. The largest absolute Gasteiger partial charge is 0.484 e. The summed E-state index contributed by atoms with van der Waals surface area (Å²) in [5.74, 6) is 0.254. The molecule has 0 bridgehead atoms. The highest BCUT2D eigenvalue weighted by atomic mass is 16.5. The van der Waals surface area contributed by atoms with Crippen molar-refractivity contribution in [1.82, 2.24) is 0 Å². The van der Waals surface area contributed by atoms with Crippen LogP contribution in [0.15, 0.2) is 54.6 Å². The molecule has 3 rings (SSSR count). The van der Waals surface area contributed by atoms with Crippen LogP contribution in [0.4, 0.5) is 5.69 Å². The number of nitrogens with one attached hydrogen (secondary N) is 1. The van der Waals surface area contributed by atoms with Crippen LogP contribution in [-0.4, -0.2) is 25.1 Å². The van der Waals surface area contributed by atoms with Crippen molar-refractivity contribution in [3.8, 4) is 5.75 Å². The molecule has 1 aliphatic rings. The van der Waals surface area contributed by atoms with E-state index in [4.69, 9.17) is 9.47 Å². The van der Waals surface area contributed by atoms with Gasteiger partial charge < -0.3 is 14.8 Å². The molecule has 1 fully saturated rings. The number of rotatable bonds is 7. The predicted octanol–water partition coefficient (Wildman–Crippen LogP) is 3.30. The van der Waals surface area contributed by atoms with E-state index >= 15 is 0 Å². The maximum Gasteiger partial charge on any atom is 0.316 e. The van der Waals surface area contributed by atoms with Crippen LogP contribution >= 0.6 is 0 Å². The fourth-order valence-corrected chi connectivity index (χ4v) is 2.74. The smallest absolute Gasteiger partial charge is 0.316 e. The van der Waals surface area contributed by atoms with Gasteiger partial charge in [-0.1, -0.05) is 30.3 Å². The zero-order chi connectivity index (χ0) is 17.7. The molecular weight excluding hydrogens is 318 g/mol. The normalized spacial score (nSPS) is 14.4. The second-order valence-corrected chi connectivity index (χ2v) is 6.03. The van der Waals surface area contributed by atoms with Crippen molar-refractivity contribution in [2.75, 3.05) is 18.5 Å². The summed E-state index contributed by atoms with van der Waals surface area (Å²) in [5.41, 5.74) is 1.11. The lowest BCUT2D eigenvalue weighted by atomic mass is 9.96. The standard InChI is InChI=1S/C20H21NO4/c1-2-24-19(23)20(12-13-20)15-8-10-16(11-9-15)21-18(22)14-25-17-6-4-3-5-7-17/h3-11H,2,12-14H2,1H3,(H,21,22). The number of esters is 1. The Morgan fingerprint density at radius 2 is 1.72 bits per heavy atom. The Kier molecular flexibility index (Phi) is 5.03. The van der Waals surface area contributed by atoms with Gasteiger partial charge in [-0.3, -0.25) is 9.59 Å². The summed E-state index contributed by atoms with van der Waals surface area (Å²) in [6, 6.07) is 16.5. The van der Waals surface area contributed by atoms with E-state index in [1.54, 1.807) is 24.3 Å². The van der Waals surface area contributed by atoms with Gasteiger partial charge in [-0.05, 0) is 49.6 Å². The van der Waals surface area contributed by atoms with Gasteiger partial charge in [0.15, 0.2) is 6.61 Å². The van der Waals surface area contributed by atoms with E-state index in [-0.39, 0.29) is 18.5 Å². The third kappa shape index (κ3) is 3.99. The summed E-state index contributed by atoms with van der Waals surface area (Å²) >= 11 is 0. The van der Waals surface area contributed by atoms with Crippen molar-refractivity contribution >= 4 is 17.6 Å². The fraction of sp³-hybridized carbons (Fsp3) is 0.300. The Hall–Kier alpha value is -2.82. The van der Waals surface area contributed by atoms with Gasteiger partial charge in [-0.25, -0.2) is 0 Å². The van der Waals surface area contributed by atoms with Crippen LogP contribution in [0, 0.1) is 0 Å². The highest BCUT2D eigenvalue weighted by Crippen LogP contribution is 2.49. The maximum absolute atomic E-state index is 12.1. The van der Waals surface area contributed by atoms with Crippen molar-refractivity contribution in [2.45, 2.75) is 25.2 Å². The van der Waals surface area contributed by atoms with E-state index in [0.717, 1.165) is 18.4 Å². The van der Waals surface area contributed by atoms with Crippen LogP contribution in [0.25, 0.3) is 0 Å². The minimum atomic E-state index is -0.491. The first-order chi connectivity index (χ1) is 12.1. The molecular formula is C20H21NO4. The van der Waals surface area contributed by atoms with Gasteiger partial charge in [0, 0.05) is 5.69 Å². The van der Waals surface area contributed by atoms with Crippen molar-refractivity contribution < 1.29 is 19.1 Å². The van der Waals surface area contributed by atoms with E-state index in [1.165, 1.54) is 0 Å².